The molecule has 1 nitrogen and oxygen atoms in total. The van der Waals surface area contributed by atoms with Gasteiger partial charge in [-0.05, 0) is 0 Å². The van der Waals surface area contributed by atoms with E-state index in [-0.39, 0.29) is 0 Å². The Morgan fingerprint density at radius 3 is 1.67 bits per heavy atom. The summed E-state index contributed by atoms with van der Waals surface area (Å²) < 4.78 is 0.833. The number of unbranched alkanes of at least 4 members (excludes halogenated alkanes) is 13. The topological polar surface area (TPSA) is 12.0 Å². The fourth-order valence-electron chi connectivity index (χ4n) is 3.42. The summed E-state index contributed by atoms with van der Waals surface area (Å²) in [4.78, 5) is 0. The van der Waals surface area contributed by atoms with Gasteiger partial charge < -0.3 is 0 Å². The number of anilines is 1. The summed E-state index contributed by atoms with van der Waals surface area (Å²) in [5, 5.41) is 3.24. The monoisotopic (exact) mass is 490 g/mol. The van der Waals surface area contributed by atoms with Gasteiger partial charge in [-0.25, -0.2) is 0 Å². The van der Waals surface area contributed by atoms with Gasteiger partial charge in [-0.15, -0.1) is 0 Å². The fraction of sp³-hybridized carbons (Fsp3) is 0.696. The molecular weight excluding hydrogens is 450 g/mol. The zero-order valence-electron chi connectivity index (χ0n) is 17.1. The Hall–Kier alpha value is 0.148. The van der Waals surface area contributed by atoms with Gasteiger partial charge in [-0.3, -0.25) is 0 Å². The Bertz CT molecular complexity index is 476. The third kappa shape index (κ3) is 14.8. The van der Waals surface area contributed by atoms with E-state index in [4.69, 9.17) is 12.2 Å². The van der Waals surface area contributed by atoms with Crippen LogP contribution in [0.4, 0.5) is 5.69 Å². The molecule has 27 heavy (non-hydrogen) atoms. The molecule has 0 fully saturated rings. The average molecular weight is 489 g/mol. The number of thiocarbonyl (C=S) groups is 1. The van der Waals surface area contributed by atoms with Crippen molar-refractivity contribution in [2.75, 3.05) is 5.32 Å². The second-order valence-electron chi connectivity index (χ2n) is 7.54. The van der Waals surface area contributed by atoms with Crippen LogP contribution >= 0.6 is 21.7 Å². The predicted molar refractivity (Wildman–Crippen MR) is 124 cm³/mol. The Morgan fingerprint density at radius 2 is 1.22 bits per heavy atom. The van der Waals surface area contributed by atoms with E-state index in [1.807, 2.05) is 18.5 Å². The van der Waals surface area contributed by atoms with E-state index < -0.39 is 0 Å². The van der Waals surface area contributed by atoms with Gasteiger partial charge in [0.2, 0.25) is 0 Å². The van der Waals surface area contributed by atoms with Gasteiger partial charge in [-0.2, -0.15) is 0 Å². The van der Waals surface area contributed by atoms with Crippen LogP contribution in [0.25, 0.3) is 0 Å². The number of aryl methyl sites for hydroxylation is 1. The molecule has 153 valence electrons. The third-order valence-electron chi connectivity index (χ3n) is 5.10. The van der Waals surface area contributed by atoms with E-state index >= 15 is 0 Å². The van der Waals surface area contributed by atoms with Crippen LogP contribution in [-0.4, -0.2) is 4.32 Å². The fourth-order valence-corrected chi connectivity index (χ4v) is 4.00. The molecule has 0 aliphatic heterocycles. The third-order valence-corrected chi connectivity index (χ3v) is 7.77. The van der Waals surface area contributed by atoms with Crippen molar-refractivity contribution in [2.24, 2.45) is 0 Å². The Kier molecular flexibility index (Phi) is 17.0. The van der Waals surface area contributed by atoms with Crippen LogP contribution in [0.2, 0.25) is 0 Å². The molecule has 0 spiro atoms. The molecule has 1 aromatic rings. The van der Waals surface area contributed by atoms with Crippen molar-refractivity contribution in [1.29, 1.82) is 0 Å². The van der Waals surface area contributed by atoms with Crippen molar-refractivity contribution < 1.29 is 18.5 Å². The van der Waals surface area contributed by atoms with Crippen LogP contribution in [0.1, 0.15) is 102 Å². The Morgan fingerprint density at radius 1 is 0.778 bits per heavy atom. The van der Waals surface area contributed by atoms with Crippen LogP contribution in [0.5, 0.6) is 0 Å². The van der Waals surface area contributed by atoms with Gasteiger partial charge >= 0.3 is 117 Å². The number of rotatable bonds is 16. The molecule has 0 saturated carbocycles. The minimum absolute atomic E-state index is 0.833. The van der Waals surface area contributed by atoms with Gasteiger partial charge in [0.25, 0.3) is 0 Å². The SMILES string of the molecule is CCCCCCCCCCCCCCCCc1ccc(NC(=S)[S][Mo])cc1. The molecule has 0 amide bonds. The second kappa shape index (κ2) is 18.2. The van der Waals surface area contributed by atoms with E-state index in [0.29, 0.717) is 0 Å². The molecule has 4 heteroatoms. The van der Waals surface area contributed by atoms with Gasteiger partial charge in [0.05, 0.1) is 0 Å². The van der Waals surface area contributed by atoms with Crippen LogP contribution in [-0.2, 0) is 25.0 Å². The summed E-state index contributed by atoms with van der Waals surface area (Å²) in [6, 6.07) is 8.74. The van der Waals surface area contributed by atoms with Crippen molar-refractivity contribution in [3.63, 3.8) is 0 Å². The molecule has 0 radical (unpaired) electrons. The summed E-state index contributed by atoms with van der Waals surface area (Å²) >= 11 is 7.12. The predicted octanol–water partition coefficient (Wildman–Crippen LogP) is 8.60. The molecule has 0 saturated heterocycles. The number of benzene rings is 1. The van der Waals surface area contributed by atoms with Crippen LogP contribution in [0.15, 0.2) is 24.3 Å². The second-order valence-corrected chi connectivity index (χ2v) is 10.0. The standard InChI is InChI=1S/C23H39NS2.Mo/c1-2-3-4-5-6-7-8-9-10-11-12-13-14-15-16-21-17-19-22(20-18-21)24-23(25)26;/h17-20H,2-16H2,1H3,(H2,24,25,26);/q;+1/p-1. The summed E-state index contributed by atoms with van der Waals surface area (Å²) in [6.45, 7) is 2.29. The molecule has 0 unspecified atom stereocenters. The van der Waals surface area contributed by atoms with E-state index in [9.17, 15) is 0 Å². The van der Waals surface area contributed by atoms with E-state index in [1.54, 1.807) is 9.47 Å². The molecule has 0 aliphatic rings. The van der Waals surface area contributed by atoms with Gasteiger partial charge in [0.15, 0.2) is 0 Å². The van der Waals surface area contributed by atoms with Crippen molar-refractivity contribution in [3.8, 4) is 0 Å². The first kappa shape index (κ1) is 25.2. The molecule has 1 rings (SSSR count). The Labute approximate surface area is 187 Å². The first-order valence-electron chi connectivity index (χ1n) is 11.0. The molecule has 1 N–H and O–H groups in total. The summed E-state index contributed by atoms with van der Waals surface area (Å²) in [5.41, 5.74) is 2.54. The Balaban J connectivity index is 1.89. The summed E-state index contributed by atoms with van der Waals surface area (Å²) in [6.07, 6.45) is 21.1. The minimum atomic E-state index is 0.833. The van der Waals surface area contributed by atoms with E-state index in [2.05, 4.69) is 36.5 Å². The number of nitrogens with one attached hydrogen (secondary N) is 1. The molecule has 0 bridgehead atoms. The molecule has 0 atom stereocenters. The van der Waals surface area contributed by atoms with E-state index in [1.165, 1.54) is 102 Å². The normalized spacial score (nSPS) is 10.9. The van der Waals surface area contributed by atoms with Gasteiger partial charge in [0, 0.05) is 0 Å². The van der Waals surface area contributed by atoms with Crippen molar-refractivity contribution in [2.45, 2.75) is 103 Å². The zero-order valence-corrected chi connectivity index (χ0v) is 20.8. The molecule has 0 aromatic heterocycles. The number of hydrogen-bond donors (Lipinski definition) is 1. The molecule has 0 aliphatic carbocycles. The first-order valence-corrected chi connectivity index (χ1v) is 14.6. The maximum absolute atomic E-state index is 5.19. The molecular formula is C23H38MoNS2. The van der Waals surface area contributed by atoms with E-state index in [0.717, 1.165) is 10.0 Å². The average Bonchev–Trinajstić information content (AvgIpc) is 2.69. The summed E-state index contributed by atoms with van der Waals surface area (Å²) in [5.74, 6) is 0. The van der Waals surface area contributed by atoms with Crippen molar-refractivity contribution in [3.05, 3.63) is 29.8 Å². The van der Waals surface area contributed by atoms with Crippen LogP contribution < -0.4 is 5.32 Å². The quantitative estimate of drug-likeness (QED) is 0.142. The molecule has 0 heterocycles. The van der Waals surface area contributed by atoms with Crippen LogP contribution in [0.3, 0.4) is 0 Å². The van der Waals surface area contributed by atoms with Crippen molar-refractivity contribution in [1.82, 2.24) is 0 Å². The van der Waals surface area contributed by atoms with Crippen molar-refractivity contribution >= 4 is 31.7 Å². The molecule has 1 aromatic carbocycles. The zero-order chi connectivity index (χ0) is 19.6. The maximum atomic E-state index is 5.19. The van der Waals surface area contributed by atoms with Gasteiger partial charge in [-0.1, -0.05) is 71.1 Å². The number of hydrogen-bond acceptors (Lipinski definition) is 2. The first-order chi connectivity index (χ1) is 13.3. The van der Waals surface area contributed by atoms with Crippen LogP contribution in [0, 0.1) is 0 Å². The summed E-state index contributed by atoms with van der Waals surface area (Å²) in [7, 11) is 1.59. The van der Waals surface area contributed by atoms with Gasteiger partial charge in [0.1, 0.15) is 0 Å².